The topological polar surface area (TPSA) is 105 Å². The zero-order valence-electron chi connectivity index (χ0n) is 25.3. The Labute approximate surface area is 273 Å². The van der Waals surface area contributed by atoms with Crippen molar-refractivity contribution in [1.82, 2.24) is 10.2 Å². The first-order valence-electron chi connectivity index (χ1n) is 14.5. The van der Waals surface area contributed by atoms with Crippen LogP contribution in [0.4, 0.5) is 10.1 Å². The van der Waals surface area contributed by atoms with E-state index < -0.39 is 34.3 Å². The van der Waals surface area contributed by atoms with Gasteiger partial charge >= 0.3 is 0 Å². The number of rotatable bonds is 13. The molecule has 3 aromatic carbocycles. The number of amides is 2. The van der Waals surface area contributed by atoms with Crippen LogP contribution in [0.15, 0.2) is 65.6 Å². The van der Waals surface area contributed by atoms with Crippen LogP contribution in [0, 0.1) is 5.82 Å². The molecule has 1 atom stereocenters. The Morgan fingerprint density at radius 3 is 2.22 bits per heavy atom. The molecule has 0 aromatic heterocycles. The minimum Gasteiger partial charge on any atom is -0.493 e. The number of benzene rings is 3. The van der Waals surface area contributed by atoms with Gasteiger partial charge in [0, 0.05) is 18.7 Å². The van der Waals surface area contributed by atoms with Crippen molar-refractivity contribution in [3.63, 3.8) is 0 Å². The third kappa shape index (κ3) is 8.19. The molecule has 0 heterocycles. The van der Waals surface area contributed by atoms with Crippen molar-refractivity contribution in [2.24, 2.45) is 0 Å². The van der Waals surface area contributed by atoms with Gasteiger partial charge in [-0.1, -0.05) is 49.0 Å². The molecule has 45 heavy (non-hydrogen) atoms. The van der Waals surface area contributed by atoms with Crippen molar-refractivity contribution in [3.05, 3.63) is 82.1 Å². The quantitative estimate of drug-likeness (QED) is 0.230. The van der Waals surface area contributed by atoms with Crippen molar-refractivity contribution in [2.75, 3.05) is 25.1 Å². The van der Waals surface area contributed by atoms with Gasteiger partial charge in [0.25, 0.3) is 10.0 Å². The van der Waals surface area contributed by atoms with Gasteiger partial charge in [-0.15, -0.1) is 0 Å². The van der Waals surface area contributed by atoms with Gasteiger partial charge in [-0.3, -0.25) is 13.9 Å². The molecule has 0 saturated heterocycles. The van der Waals surface area contributed by atoms with E-state index >= 15 is 0 Å². The molecule has 0 unspecified atom stereocenters. The second kappa shape index (κ2) is 15.2. The Morgan fingerprint density at radius 1 is 0.956 bits per heavy atom. The first kappa shape index (κ1) is 34.3. The molecule has 4 rings (SSSR count). The molecule has 3 aromatic rings. The Morgan fingerprint density at radius 2 is 1.62 bits per heavy atom. The maximum atomic E-state index is 14.3. The lowest BCUT2D eigenvalue weighted by atomic mass is 10.1. The summed E-state index contributed by atoms with van der Waals surface area (Å²) >= 11 is 12.4. The van der Waals surface area contributed by atoms with Gasteiger partial charge in [0.2, 0.25) is 11.8 Å². The van der Waals surface area contributed by atoms with Crippen LogP contribution in [0.5, 0.6) is 11.5 Å². The summed E-state index contributed by atoms with van der Waals surface area (Å²) in [4.78, 5) is 29.0. The first-order chi connectivity index (χ1) is 21.5. The minimum absolute atomic E-state index is 0.00891. The van der Waals surface area contributed by atoms with Gasteiger partial charge in [0.05, 0.1) is 34.8 Å². The number of nitrogens with zero attached hydrogens (tertiary/aromatic N) is 2. The minimum atomic E-state index is -4.42. The number of hydrogen-bond acceptors (Lipinski definition) is 6. The molecule has 1 fully saturated rings. The van der Waals surface area contributed by atoms with Gasteiger partial charge < -0.3 is 19.7 Å². The molecule has 1 aliphatic rings. The van der Waals surface area contributed by atoms with Gasteiger partial charge in [-0.25, -0.2) is 12.8 Å². The molecule has 1 saturated carbocycles. The molecule has 1 N–H and O–H groups in total. The maximum Gasteiger partial charge on any atom is 0.264 e. The van der Waals surface area contributed by atoms with Crippen molar-refractivity contribution < 1.29 is 31.9 Å². The molecular formula is C32H36Cl2FN3O6S. The SMILES string of the molecule is CC[C@@H](C(=O)NC1CCCC1)N(Cc1ccc(Cl)c(Cl)c1)C(=O)CN(c1ccc(F)cc1)S(=O)(=O)c1ccc(OC)c(OC)c1. The van der Waals surface area contributed by atoms with Crippen molar-refractivity contribution in [2.45, 2.75) is 62.6 Å². The summed E-state index contributed by atoms with van der Waals surface area (Å²) in [6.45, 7) is 1.06. The van der Waals surface area contributed by atoms with E-state index in [-0.39, 0.29) is 46.3 Å². The summed E-state index contributed by atoms with van der Waals surface area (Å²) in [6.07, 6.45) is 3.99. The number of carbonyl (C=O) groups excluding carboxylic acids is 2. The second-order valence-corrected chi connectivity index (χ2v) is 13.4. The molecule has 0 spiro atoms. The summed E-state index contributed by atoms with van der Waals surface area (Å²) in [6, 6.07) is 12.8. The van der Waals surface area contributed by atoms with Crippen LogP contribution in [0.25, 0.3) is 0 Å². The molecule has 0 aliphatic heterocycles. The van der Waals surface area contributed by atoms with Crippen LogP contribution in [0.1, 0.15) is 44.6 Å². The standard InChI is InChI=1S/C32H36Cl2FN3O6S/c1-4-28(32(40)36-23-7-5-6-8-23)37(19-21-9-15-26(33)27(34)17-21)31(39)20-38(24-12-10-22(35)11-13-24)45(41,42)25-14-16-29(43-2)30(18-25)44-3/h9-18,23,28H,4-8,19-20H2,1-3H3,(H,36,40)/t28-/m0/s1. The predicted octanol–water partition coefficient (Wildman–Crippen LogP) is 6.21. The van der Waals surface area contributed by atoms with E-state index in [2.05, 4.69) is 5.32 Å². The largest absolute Gasteiger partial charge is 0.493 e. The highest BCUT2D eigenvalue weighted by atomic mass is 35.5. The number of halogens is 3. The lowest BCUT2D eigenvalue weighted by Gasteiger charge is -2.34. The Hall–Kier alpha value is -3.54. The highest BCUT2D eigenvalue weighted by Gasteiger charge is 2.35. The average molecular weight is 681 g/mol. The number of sulfonamides is 1. The summed E-state index contributed by atoms with van der Waals surface area (Å²) in [5, 5.41) is 3.66. The second-order valence-electron chi connectivity index (χ2n) is 10.7. The third-order valence-corrected chi connectivity index (χ3v) is 10.3. The Kier molecular flexibility index (Phi) is 11.6. The van der Waals surface area contributed by atoms with Gasteiger partial charge in [0.1, 0.15) is 18.4 Å². The Bertz CT molecular complexity index is 1620. The van der Waals surface area contributed by atoms with Crippen molar-refractivity contribution >= 4 is 50.7 Å². The zero-order chi connectivity index (χ0) is 32.7. The monoisotopic (exact) mass is 679 g/mol. The normalized spacial score (nSPS) is 14.1. The molecule has 0 radical (unpaired) electrons. The van der Waals surface area contributed by atoms with Crippen LogP contribution >= 0.6 is 23.2 Å². The van der Waals surface area contributed by atoms with Crippen LogP contribution in [-0.2, 0) is 26.2 Å². The lowest BCUT2D eigenvalue weighted by Crippen LogP contribution is -2.53. The maximum absolute atomic E-state index is 14.3. The first-order valence-corrected chi connectivity index (χ1v) is 16.7. The van der Waals surface area contributed by atoms with E-state index in [4.69, 9.17) is 32.7 Å². The fraction of sp³-hybridized carbons (Fsp3) is 0.375. The van der Waals surface area contributed by atoms with Crippen LogP contribution in [0.3, 0.4) is 0 Å². The smallest absolute Gasteiger partial charge is 0.264 e. The highest BCUT2D eigenvalue weighted by Crippen LogP contribution is 2.33. The van der Waals surface area contributed by atoms with E-state index in [1.165, 1.54) is 49.5 Å². The van der Waals surface area contributed by atoms with E-state index in [1.807, 2.05) is 0 Å². The van der Waals surface area contributed by atoms with Crippen LogP contribution in [0.2, 0.25) is 10.0 Å². The summed E-state index contributed by atoms with van der Waals surface area (Å²) in [7, 11) is -1.63. The number of nitrogens with one attached hydrogen (secondary N) is 1. The van der Waals surface area contributed by atoms with E-state index in [0.717, 1.165) is 42.1 Å². The number of carbonyl (C=O) groups is 2. The number of ether oxygens (including phenoxy) is 2. The molecule has 242 valence electrons. The fourth-order valence-corrected chi connectivity index (χ4v) is 7.11. The number of anilines is 1. The fourth-order valence-electron chi connectivity index (χ4n) is 5.36. The molecule has 2 amide bonds. The van der Waals surface area contributed by atoms with Crippen molar-refractivity contribution in [1.29, 1.82) is 0 Å². The highest BCUT2D eigenvalue weighted by molar-refractivity contribution is 7.92. The molecule has 13 heteroatoms. The molecule has 9 nitrogen and oxygen atoms in total. The van der Waals surface area contributed by atoms with E-state index in [1.54, 1.807) is 25.1 Å². The predicted molar refractivity (Wildman–Crippen MR) is 172 cm³/mol. The molecule has 1 aliphatic carbocycles. The van der Waals surface area contributed by atoms with E-state index in [0.29, 0.717) is 16.3 Å². The summed E-state index contributed by atoms with van der Waals surface area (Å²) in [5.74, 6) is -1.08. The van der Waals surface area contributed by atoms with E-state index in [9.17, 15) is 22.4 Å². The van der Waals surface area contributed by atoms with Gasteiger partial charge in [-0.2, -0.15) is 0 Å². The van der Waals surface area contributed by atoms with Gasteiger partial charge in [-0.05, 0) is 73.4 Å². The average Bonchev–Trinajstić information content (AvgIpc) is 3.54. The number of methoxy groups -OCH3 is 2. The third-order valence-electron chi connectivity index (χ3n) is 7.76. The molecule has 0 bridgehead atoms. The zero-order valence-corrected chi connectivity index (χ0v) is 27.6. The number of hydrogen-bond donors (Lipinski definition) is 1. The van der Waals surface area contributed by atoms with Crippen LogP contribution in [-0.4, -0.2) is 58.0 Å². The summed E-state index contributed by atoms with van der Waals surface area (Å²) < 4.78 is 53.6. The van der Waals surface area contributed by atoms with Gasteiger partial charge in [0.15, 0.2) is 11.5 Å². The summed E-state index contributed by atoms with van der Waals surface area (Å²) in [5.41, 5.74) is 0.651. The van der Waals surface area contributed by atoms with Crippen molar-refractivity contribution in [3.8, 4) is 11.5 Å². The molecular weight excluding hydrogens is 644 g/mol. The van der Waals surface area contributed by atoms with Crippen LogP contribution < -0.4 is 19.1 Å². The lowest BCUT2D eigenvalue weighted by molar-refractivity contribution is -0.140. The Balaban J connectivity index is 1.75.